The molecule has 0 unspecified atom stereocenters. The quantitative estimate of drug-likeness (QED) is 0.656. The lowest BCUT2D eigenvalue weighted by molar-refractivity contribution is 0.477. The van der Waals surface area contributed by atoms with Crippen molar-refractivity contribution < 1.29 is 4.74 Å². The molecule has 0 saturated carbocycles. The fourth-order valence-corrected chi connectivity index (χ4v) is 2.15. The second kappa shape index (κ2) is 5.33. The van der Waals surface area contributed by atoms with E-state index < -0.39 is 0 Å². The van der Waals surface area contributed by atoms with Gasteiger partial charge in [-0.1, -0.05) is 35.4 Å². The van der Waals surface area contributed by atoms with Crippen molar-refractivity contribution in [3.63, 3.8) is 0 Å². The molecule has 3 nitrogen and oxygen atoms in total. The van der Waals surface area contributed by atoms with Gasteiger partial charge in [0, 0.05) is 0 Å². The lowest BCUT2D eigenvalue weighted by Gasteiger charge is -2.13. The molecule has 2 rings (SSSR count). The average Bonchev–Trinajstić information content (AvgIpc) is 2.32. The Hall–Kier alpha value is -2.00. The summed E-state index contributed by atoms with van der Waals surface area (Å²) in [6.07, 6.45) is 0. The summed E-state index contributed by atoms with van der Waals surface area (Å²) in [5, 5.41) is 8.00. The largest absolute Gasteiger partial charge is 0.456 e. The molecule has 0 aromatic heterocycles. The monoisotopic (exact) mass is 274 g/mol. The standard InChI is InChI=1S/C15H15ClN2O/c1-9-6-7-12(10(2)8-9)19-13-5-3-4-11(16)14(13)15(17)18/h3-8H,1-2H3,(H3,17,18). The van der Waals surface area contributed by atoms with Crippen molar-refractivity contribution in [1.82, 2.24) is 0 Å². The second-order valence-electron chi connectivity index (χ2n) is 4.40. The Morgan fingerprint density at radius 1 is 1.16 bits per heavy atom. The molecule has 0 aliphatic carbocycles. The maximum atomic E-state index is 7.58. The van der Waals surface area contributed by atoms with Crippen LogP contribution >= 0.6 is 11.6 Å². The van der Waals surface area contributed by atoms with Crippen LogP contribution in [-0.2, 0) is 0 Å². The molecule has 0 bridgehead atoms. The molecule has 2 aromatic rings. The zero-order valence-corrected chi connectivity index (χ0v) is 11.6. The Balaban J connectivity index is 2.44. The van der Waals surface area contributed by atoms with Gasteiger partial charge >= 0.3 is 0 Å². The second-order valence-corrected chi connectivity index (χ2v) is 4.80. The van der Waals surface area contributed by atoms with Crippen molar-refractivity contribution in [2.24, 2.45) is 5.73 Å². The Morgan fingerprint density at radius 3 is 2.53 bits per heavy atom. The van der Waals surface area contributed by atoms with Gasteiger partial charge in [0.2, 0.25) is 0 Å². The van der Waals surface area contributed by atoms with E-state index in [2.05, 4.69) is 0 Å². The Morgan fingerprint density at radius 2 is 1.89 bits per heavy atom. The van der Waals surface area contributed by atoms with Gasteiger partial charge in [0.05, 0.1) is 10.6 Å². The molecule has 0 saturated heterocycles. The SMILES string of the molecule is Cc1ccc(Oc2cccc(Cl)c2C(=N)N)c(C)c1. The first-order valence-corrected chi connectivity index (χ1v) is 6.25. The normalized spacial score (nSPS) is 10.3. The van der Waals surface area contributed by atoms with Crippen molar-refractivity contribution in [2.45, 2.75) is 13.8 Å². The zero-order chi connectivity index (χ0) is 14.0. The van der Waals surface area contributed by atoms with E-state index in [0.29, 0.717) is 16.3 Å². The highest BCUT2D eigenvalue weighted by atomic mass is 35.5. The molecule has 2 aromatic carbocycles. The summed E-state index contributed by atoms with van der Waals surface area (Å²) in [7, 11) is 0. The maximum absolute atomic E-state index is 7.58. The van der Waals surface area contributed by atoms with E-state index in [0.717, 1.165) is 11.3 Å². The number of rotatable bonds is 3. The molecule has 0 aliphatic heterocycles. The van der Waals surface area contributed by atoms with Crippen LogP contribution in [0.4, 0.5) is 0 Å². The average molecular weight is 275 g/mol. The van der Waals surface area contributed by atoms with Gasteiger partial charge < -0.3 is 10.5 Å². The van der Waals surface area contributed by atoms with Crippen molar-refractivity contribution in [1.29, 1.82) is 5.41 Å². The summed E-state index contributed by atoms with van der Waals surface area (Å²) in [5.41, 5.74) is 8.16. The summed E-state index contributed by atoms with van der Waals surface area (Å²) in [6.45, 7) is 4.00. The highest BCUT2D eigenvalue weighted by Crippen LogP contribution is 2.31. The molecule has 3 N–H and O–H groups in total. The molecule has 98 valence electrons. The first kappa shape index (κ1) is 13.4. The molecule has 0 fully saturated rings. The van der Waals surface area contributed by atoms with Gasteiger partial charge in [0.15, 0.2) is 0 Å². The van der Waals surface area contributed by atoms with Crippen LogP contribution in [0.3, 0.4) is 0 Å². The van der Waals surface area contributed by atoms with Crippen LogP contribution in [0.2, 0.25) is 5.02 Å². The number of benzene rings is 2. The Labute approximate surface area is 117 Å². The minimum Gasteiger partial charge on any atom is -0.456 e. The number of halogens is 1. The lowest BCUT2D eigenvalue weighted by Crippen LogP contribution is -2.13. The van der Waals surface area contributed by atoms with Gasteiger partial charge in [-0.15, -0.1) is 0 Å². The molecule has 0 radical (unpaired) electrons. The number of nitrogens with two attached hydrogens (primary N) is 1. The molecule has 0 atom stereocenters. The molecule has 0 aliphatic rings. The molecule has 19 heavy (non-hydrogen) atoms. The minimum atomic E-state index is -0.106. The molecule has 4 heteroatoms. The molecular formula is C15H15ClN2O. The van der Waals surface area contributed by atoms with E-state index in [9.17, 15) is 0 Å². The van der Waals surface area contributed by atoms with Gasteiger partial charge in [0.25, 0.3) is 0 Å². The summed E-state index contributed by atoms with van der Waals surface area (Å²) in [5.74, 6) is 1.12. The summed E-state index contributed by atoms with van der Waals surface area (Å²) in [6, 6.07) is 11.1. The number of hydrogen-bond acceptors (Lipinski definition) is 2. The van der Waals surface area contributed by atoms with Crippen LogP contribution < -0.4 is 10.5 Å². The van der Waals surface area contributed by atoms with E-state index in [1.165, 1.54) is 5.56 Å². The molecule has 0 heterocycles. The topological polar surface area (TPSA) is 59.1 Å². The molecule has 0 amide bonds. The highest BCUT2D eigenvalue weighted by Gasteiger charge is 2.12. The third-order valence-corrected chi connectivity index (χ3v) is 3.11. The number of hydrogen-bond donors (Lipinski definition) is 2. The van der Waals surface area contributed by atoms with Gasteiger partial charge in [-0.2, -0.15) is 0 Å². The van der Waals surface area contributed by atoms with Crippen LogP contribution in [0, 0.1) is 19.3 Å². The van der Waals surface area contributed by atoms with Crippen molar-refractivity contribution in [2.75, 3.05) is 0 Å². The zero-order valence-electron chi connectivity index (χ0n) is 10.8. The number of nitrogens with one attached hydrogen (secondary N) is 1. The fraction of sp³-hybridized carbons (Fsp3) is 0.133. The Bertz CT molecular complexity index is 638. The summed E-state index contributed by atoms with van der Waals surface area (Å²) >= 11 is 6.05. The predicted molar refractivity (Wildman–Crippen MR) is 78.5 cm³/mol. The van der Waals surface area contributed by atoms with Gasteiger partial charge in [-0.25, -0.2) is 0 Å². The molecular weight excluding hydrogens is 260 g/mol. The van der Waals surface area contributed by atoms with E-state index >= 15 is 0 Å². The summed E-state index contributed by atoms with van der Waals surface area (Å²) < 4.78 is 5.83. The van der Waals surface area contributed by atoms with Gasteiger partial charge in [-0.05, 0) is 37.6 Å². The van der Waals surface area contributed by atoms with E-state index in [4.69, 9.17) is 27.5 Å². The van der Waals surface area contributed by atoms with E-state index in [1.54, 1.807) is 18.2 Å². The maximum Gasteiger partial charge on any atom is 0.139 e. The fourth-order valence-electron chi connectivity index (χ4n) is 1.88. The smallest absolute Gasteiger partial charge is 0.139 e. The predicted octanol–water partition coefficient (Wildman–Crippen LogP) is 4.03. The van der Waals surface area contributed by atoms with Crippen molar-refractivity contribution in [3.8, 4) is 11.5 Å². The first-order chi connectivity index (χ1) is 8.99. The number of aryl methyl sites for hydroxylation is 2. The number of nitrogen functional groups attached to an aromatic ring is 1. The Kier molecular flexibility index (Phi) is 3.76. The van der Waals surface area contributed by atoms with Crippen LogP contribution in [0.15, 0.2) is 36.4 Å². The third kappa shape index (κ3) is 2.88. The summed E-state index contributed by atoms with van der Waals surface area (Å²) in [4.78, 5) is 0. The van der Waals surface area contributed by atoms with Crippen LogP contribution in [0.1, 0.15) is 16.7 Å². The van der Waals surface area contributed by atoms with Crippen LogP contribution in [0.25, 0.3) is 0 Å². The number of amidine groups is 1. The third-order valence-electron chi connectivity index (χ3n) is 2.80. The first-order valence-electron chi connectivity index (χ1n) is 5.87. The van der Waals surface area contributed by atoms with Gasteiger partial charge in [-0.3, -0.25) is 5.41 Å². The number of ether oxygens (including phenoxy) is 1. The van der Waals surface area contributed by atoms with Crippen LogP contribution in [0.5, 0.6) is 11.5 Å². The van der Waals surface area contributed by atoms with Crippen molar-refractivity contribution in [3.05, 3.63) is 58.1 Å². The van der Waals surface area contributed by atoms with Gasteiger partial charge in [0.1, 0.15) is 17.3 Å². The lowest BCUT2D eigenvalue weighted by atomic mass is 10.1. The minimum absolute atomic E-state index is 0.106. The highest BCUT2D eigenvalue weighted by molar-refractivity contribution is 6.34. The molecule has 0 spiro atoms. The van der Waals surface area contributed by atoms with Crippen LogP contribution in [-0.4, -0.2) is 5.84 Å². The van der Waals surface area contributed by atoms with Crippen molar-refractivity contribution >= 4 is 17.4 Å². The van der Waals surface area contributed by atoms with E-state index in [-0.39, 0.29) is 5.84 Å². The van der Waals surface area contributed by atoms with E-state index in [1.807, 2.05) is 32.0 Å².